The molecular formula is C16H12BrNO2S. The number of nitrogens with one attached hydrogen (secondary N) is 1. The first-order chi connectivity index (χ1) is 10.2. The summed E-state index contributed by atoms with van der Waals surface area (Å²) in [4.78, 5) is 16.8. The number of hydrogen-bond donors (Lipinski definition) is 1. The molecule has 0 spiro atoms. The summed E-state index contributed by atoms with van der Waals surface area (Å²) < 4.78 is 6.11. The van der Waals surface area contributed by atoms with Crippen LogP contribution in [0.2, 0.25) is 0 Å². The molecule has 3 rings (SSSR count). The van der Waals surface area contributed by atoms with E-state index in [1.54, 1.807) is 25.1 Å². The molecule has 0 radical (unpaired) electrons. The standard InChI is InChI=1S/C16H12BrNO2S/c1-20-11-3-5-12(6-4-11)21-15-9-18-16(19)13-7-2-10(17)8-14(13)15/h2-9H,1H3,(H,18,19). The van der Waals surface area contributed by atoms with Crippen LogP contribution in [0.5, 0.6) is 5.75 Å². The van der Waals surface area contributed by atoms with Crippen molar-refractivity contribution in [2.75, 3.05) is 7.11 Å². The Balaban J connectivity index is 2.05. The van der Waals surface area contributed by atoms with Gasteiger partial charge in [-0.05, 0) is 42.5 Å². The Hall–Kier alpha value is -1.72. The molecule has 0 aliphatic heterocycles. The fraction of sp³-hybridized carbons (Fsp3) is 0.0625. The van der Waals surface area contributed by atoms with Gasteiger partial charge in [0.05, 0.1) is 7.11 Å². The van der Waals surface area contributed by atoms with Crippen LogP contribution in [-0.4, -0.2) is 12.1 Å². The molecule has 2 aromatic carbocycles. The van der Waals surface area contributed by atoms with Gasteiger partial charge in [0.1, 0.15) is 5.75 Å². The van der Waals surface area contributed by atoms with Crippen molar-refractivity contribution in [3.05, 3.63) is 63.5 Å². The van der Waals surface area contributed by atoms with Crippen LogP contribution < -0.4 is 10.3 Å². The van der Waals surface area contributed by atoms with E-state index < -0.39 is 0 Å². The molecule has 0 aliphatic rings. The average Bonchev–Trinajstić information content (AvgIpc) is 2.51. The van der Waals surface area contributed by atoms with Crippen LogP contribution >= 0.6 is 27.7 Å². The minimum Gasteiger partial charge on any atom is -0.497 e. The number of hydrogen-bond acceptors (Lipinski definition) is 3. The van der Waals surface area contributed by atoms with Gasteiger partial charge in [0.15, 0.2) is 0 Å². The Bertz CT molecular complexity index is 843. The van der Waals surface area contributed by atoms with Crippen molar-refractivity contribution in [2.45, 2.75) is 9.79 Å². The number of methoxy groups -OCH3 is 1. The summed E-state index contributed by atoms with van der Waals surface area (Å²) in [6.45, 7) is 0. The van der Waals surface area contributed by atoms with Crippen LogP contribution in [0, 0.1) is 0 Å². The van der Waals surface area contributed by atoms with Gasteiger partial charge in [-0.3, -0.25) is 4.79 Å². The summed E-state index contributed by atoms with van der Waals surface area (Å²) >= 11 is 5.06. The number of benzene rings is 2. The minimum absolute atomic E-state index is 0.0726. The molecule has 0 amide bonds. The zero-order valence-electron chi connectivity index (χ0n) is 11.2. The van der Waals surface area contributed by atoms with Gasteiger partial charge in [0.2, 0.25) is 0 Å². The molecule has 0 atom stereocenters. The van der Waals surface area contributed by atoms with Crippen LogP contribution in [0.1, 0.15) is 0 Å². The van der Waals surface area contributed by atoms with Gasteiger partial charge in [-0.1, -0.05) is 27.7 Å². The van der Waals surface area contributed by atoms with E-state index in [9.17, 15) is 4.79 Å². The Morgan fingerprint density at radius 1 is 1.10 bits per heavy atom. The minimum atomic E-state index is -0.0726. The highest BCUT2D eigenvalue weighted by Crippen LogP contribution is 2.33. The monoisotopic (exact) mass is 361 g/mol. The number of fused-ring (bicyclic) bond motifs is 1. The lowest BCUT2D eigenvalue weighted by Gasteiger charge is -2.07. The van der Waals surface area contributed by atoms with E-state index in [1.807, 2.05) is 42.5 Å². The lowest BCUT2D eigenvalue weighted by atomic mass is 10.2. The molecule has 21 heavy (non-hydrogen) atoms. The molecule has 0 saturated carbocycles. The van der Waals surface area contributed by atoms with E-state index in [1.165, 1.54) is 0 Å². The number of halogens is 1. The Labute approximate surface area is 134 Å². The fourth-order valence-electron chi connectivity index (χ4n) is 2.06. The van der Waals surface area contributed by atoms with E-state index >= 15 is 0 Å². The highest BCUT2D eigenvalue weighted by atomic mass is 79.9. The second-order valence-electron chi connectivity index (χ2n) is 4.45. The van der Waals surface area contributed by atoms with E-state index in [0.29, 0.717) is 5.39 Å². The number of pyridine rings is 1. The average molecular weight is 362 g/mol. The molecular weight excluding hydrogens is 350 g/mol. The third-order valence-electron chi connectivity index (χ3n) is 3.11. The summed E-state index contributed by atoms with van der Waals surface area (Å²) in [6, 6.07) is 13.5. The van der Waals surface area contributed by atoms with Gasteiger partial charge in [-0.2, -0.15) is 0 Å². The highest BCUT2D eigenvalue weighted by Gasteiger charge is 2.07. The molecule has 1 heterocycles. The maximum absolute atomic E-state index is 11.9. The lowest BCUT2D eigenvalue weighted by molar-refractivity contribution is 0.414. The van der Waals surface area contributed by atoms with Crippen molar-refractivity contribution in [3.63, 3.8) is 0 Å². The maximum Gasteiger partial charge on any atom is 0.255 e. The first kappa shape index (κ1) is 14.2. The number of ether oxygens (including phenoxy) is 1. The molecule has 5 heteroatoms. The van der Waals surface area contributed by atoms with Crippen LogP contribution in [0.4, 0.5) is 0 Å². The normalized spacial score (nSPS) is 10.8. The predicted molar refractivity (Wildman–Crippen MR) is 89.4 cm³/mol. The Morgan fingerprint density at radius 3 is 2.57 bits per heavy atom. The van der Waals surface area contributed by atoms with Crippen molar-refractivity contribution in [1.29, 1.82) is 0 Å². The molecule has 0 bridgehead atoms. The first-order valence-electron chi connectivity index (χ1n) is 6.30. The zero-order valence-corrected chi connectivity index (χ0v) is 13.6. The van der Waals surface area contributed by atoms with E-state index in [-0.39, 0.29) is 5.56 Å². The quantitative estimate of drug-likeness (QED) is 0.749. The van der Waals surface area contributed by atoms with Crippen molar-refractivity contribution in [2.24, 2.45) is 0 Å². The van der Waals surface area contributed by atoms with Crippen molar-refractivity contribution in [1.82, 2.24) is 4.98 Å². The number of H-pyrrole nitrogens is 1. The van der Waals surface area contributed by atoms with Gasteiger partial charge in [-0.25, -0.2) is 0 Å². The van der Waals surface area contributed by atoms with E-state index in [0.717, 1.165) is 25.4 Å². The van der Waals surface area contributed by atoms with Crippen molar-refractivity contribution in [3.8, 4) is 5.75 Å². The Kier molecular flexibility index (Phi) is 4.03. The Morgan fingerprint density at radius 2 is 1.86 bits per heavy atom. The lowest BCUT2D eigenvalue weighted by Crippen LogP contribution is -2.05. The molecule has 0 fully saturated rings. The van der Waals surface area contributed by atoms with Crippen molar-refractivity contribution >= 4 is 38.5 Å². The second-order valence-corrected chi connectivity index (χ2v) is 6.48. The summed E-state index contributed by atoms with van der Waals surface area (Å²) in [5.74, 6) is 0.827. The molecule has 0 unspecified atom stereocenters. The first-order valence-corrected chi connectivity index (χ1v) is 7.91. The van der Waals surface area contributed by atoms with Gasteiger partial charge < -0.3 is 9.72 Å². The van der Waals surface area contributed by atoms with Crippen LogP contribution in [0.3, 0.4) is 0 Å². The largest absolute Gasteiger partial charge is 0.497 e. The van der Waals surface area contributed by atoms with Gasteiger partial charge >= 0.3 is 0 Å². The van der Waals surface area contributed by atoms with Crippen LogP contribution in [0.15, 0.2) is 67.7 Å². The molecule has 106 valence electrons. The highest BCUT2D eigenvalue weighted by molar-refractivity contribution is 9.10. The molecule has 3 nitrogen and oxygen atoms in total. The SMILES string of the molecule is COc1ccc(Sc2c[nH]c(=O)c3ccc(Br)cc23)cc1. The topological polar surface area (TPSA) is 42.1 Å². The van der Waals surface area contributed by atoms with Gasteiger partial charge in [-0.15, -0.1) is 0 Å². The third-order valence-corrected chi connectivity index (χ3v) is 4.67. The summed E-state index contributed by atoms with van der Waals surface area (Å²) in [5.41, 5.74) is -0.0726. The van der Waals surface area contributed by atoms with Crippen LogP contribution in [0.25, 0.3) is 10.8 Å². The molecule has 0 saturated heterocycles. The zero-order chi connectivity index (χ0) is 14.8. The third kappa shape index (κ3) is 2.99. The number of aromatic nitrogens is 1. The summed E-state index contributed by atoms with van der Waals surface area (Å²) in [5, 5.41) is 1.63. The summed E-state index contributed by atoms with van der Waals surface area (Å²) in [6.07, 6.45) is 1.76. The molecule has 3 aromatic rings. The molecule has 1 aromatic heterocycles. The number of rotatable bonds is 3. The smallest absolute Gasteiger partial charge is 0.255 e. The number of aromatic amines is 1. The molecule has 0 aliphatic carbocycles. The second kappa shape index (κ2) is 5.95. The van der Waals surface area contributed by atoms with Crippen molar-refractivity contribution < 1.29 is 4.74 Å². The van der Waals surface area contributed by atoms with Crippen LogP contribution in [-0.2, 0) is 0 Å². The van der Waals surface area contributed by atoms with Gasteiger partial charge in [0, 0.05) is 31.2 Å². The predicted octanol–water partition coefficient (Wildman–Crippen LogP) is 4.45. The summed E-state index contributed by atoms with van der Waals surface area (Å²) in [7, 11) is 1.65. The van der Waals surface area contributed by atoms with E-state index in [2.05, 4.69) is 20.9 Å². The molecule has 1 N–H and O–H groups in total. The van der Waals surface area contributed by atoms with Gasteiger partial charge in [0.25, 0.3) is 5.56 Å². The van der Waals surface area contributed by atoms with E-state index in [4.69, 9.17) is 4.74 Å². The maximum atomic E-state index is 11.9. The fourth-order valence-corrected chi connectivity index (χ4v) is 3.34.